The van der Waals surface area contributed by atoms with Crippen LogP contribution in [0.2, 0.25) is 0 Å². The van der Waals surface area contributed by atoms with Gasteiger partial charge < -0.3 is 4.74 Å². The molecule has 0 heterocycles. The molecule has 2 heteroatoms. The minimum absolute atomic E-state index is 0.261. The Morgan fingerprint density at radius 2 is 1.94 bits per heavy atom. The molecular formula is C16H20O2. The first-order valence-corrected chi connectivity index (χ1v) is 7.64. The highest BCUT2D eigenvalue weighted by atomic mass is 16.5. The Hall–Kier alpha value is -0.790. The summed E-state index contributed by atoms with van der Waals surface area (Å²) >= 11 is 0. The van der Waals surface area contributed by atoms with Crippen molar-refractivity contribution >= 4 is 6.47 Å². The van der Waals surface area contributed by atoms with Crippen LogP contribution in [-0.2, 0) is 9.53 Å². The highest BCUT2D eigenvalue weighted by Crippen LogP contribution is 2.72. The predicted octanol–water partition coefficient (Wildman–Crippen LogP) is 2.64. The molecule has 5 rings (SSSR count). The summed E-state index contributed by atoms with van der Waals surface area (Å²) in [7, 11) is 0. The van der Waals surface area contributed by atoms with E-state index in [0.717, 1.165) is 41.4 Å². The summed E-state index contributed by atoms with van der Waals surface area (Å²) < 4.78 is 5.37. The average molecular weight is 244 g/mol. The van der Waals surface area contributed by atoms with Crippen molar-refractivity contribution in [2.75, 3.05) is 0 Å². The van der Waals surface area contributed by atoms with E-state index in [9.17, 15) is 4.79 Å². The number of allylic oxidation sites excluding steroid dienone is 2. The molecule has 4 fully saturated rings. The minimum Gasteiger partial charge on any atom is -0.464 e. The standard InChI is InChI=1S/C16H20O2/c17-7-18-14-5-8-4-13(14)16-12-6-11(15(8)16)9-2-1-3-10(9)12/h1,3,7-16H,2,4-6H2. The van der Waals surface area contributed by atoms with E-state index < -0.39 is 0 Å². The Bertz CT molecular complexity index is 429. The van der Waals surface area contributed by atoms with Crippen molar-refractivity contribution in [1.82, 2.24) is 0 Å². The summed E-state index contributed by atoms with van der Waals surface area (Å²) in [6.45, 7) is 0.686. The van der Waals surface area contributed by atoms with Crippen molar-refractivity contribution < 1.29 is 9.53 Å². The van der Waals surface area contributed by atoms with E-state index in [4.69, 9.17) is 4.74 Å². The molecule has 18 heavy (non-hydrogen) atoms. The molecule has 0 spiro atoms. The van der Waals surface area contributed by atoms with Gasteiger partial charge in [0.2, 0.25) is 0 Å². The van der Waals surface area contributed by atoms with Crippen LogP contribution in [0.1, 0.15) is 25.7 Å². The fourth-order valence-electron chi connectivity index (χ4n) is 6.97. The van der Waals surface area contributed by atoms with E-state index in [1.807, 2.05) is 0 Å². The maximum Gasteiger partial charge on any atom is 0.293 e. The van der Waals surface area contributed by atoms with Crippen molar-refractivity contribution in [2.45, 2.75) is 31.8 Å². The molecule has 5 aliphatic carbocycles. The Kier molecular flexibility index (Phi) is 1.79. The molecule has 9 unspecified atom stereocenters. The lowest BCUT2D eigenvalue weighted by molar-refractivity contribution is -0.138. The Labute approximate surface area is 108 Å². The van der Waals surface area contributed by atoms with Crippen LogP contribution < -0.4 is 0 Å². The smallest absolute Gasteiger partial charge is 0.293 e. The number of ether oxygens (including phenoxy) is 1. The molecule has 4 bridgehead atoms. The third-order valence-corrected chi connectivity index (χ3v) is 7.14. The molecule has 0 aromatic carbocycles. The normalized spacial score (nSPS) is 62.1. The van der Waals surface area contributed by atoms with Crippen LogP contribution >= 0.6 is 0 Å². The Morgan fingerprint density at radius 1 is 1.00 bits per heavy atom. The molecule has 0 saturated heterocycles. The average Bonchev–Trinajstić information content (AvgIpc) is 3.11. The van der Waals surface area contributed by atoms with Crippen LogP contribution in [-0.4, -0.2) is 12.6 Å². The van der Waals surface area contributed by atoms with E-state index in [1.54, 1.807) is 0 Å². The van der Waals surface area contributed by atoms with Crippen LogP contribution in [0.25, 0.3) is 0 Å². The molecule has 4 saturated carbocycles. The van der Waals surface area contributed by atoms with Gasteiger partial charge in [-0.25, -0.2) is 0 Å². The maximum atomic E-state index is 10.6. The minimum atomic E-state index is 0.261. The Balaban J connectivity index is 1.49. The van der Waals surface area contributed by atoms with Gasteiger partial charge in [-0.2, -0.15) is 0 Å². The summed E-state index contributed by atoms with van der Waals surface area (Å²) in [5.74, 6) is 7.27. The summed E-state index contributed by atoms with van der Waals surface area (Å²) in [5, 5.41) is 0. The number of carbonyl (C=O) groups is 1. The van der Waals surface area contributed by atoms with Crippen LogP contribution in [0.5, 0.6) is 0 Å². The second-order valence-electron chi connectivity index (χ2n) is 7.29. The molecule has 2 nitrogen and oxygen atoms in total. The molecule has 0 N–H and O–H groups in total. The monoisotopic (exact) mass is 244 g/mol. The van der Waals surface area contributed by atoms with E-state index in [1.165, 1.54) is 25.7 Å². The zero-order valence-electron chi connectivity index (χ0n) is 10.6. The summed E-state index contributed by atoms with van der Waals surface area (Å²) in [5.41, 5.74) is 0. The molecule has 0 aromatic heterocycles. The number of carbonyl (C=O) groups excluding carboxylic acids is 1. The SMILES string of the molecule is O=COC1CC2CC1C1C3CC(C4CC=CC43)C21. The zero-order valence-corrected chi connectivity index (χ0v) is 10.6. The quantitative estimate of drug-likeness (QED) is 0.424. The first-order valence-electron chi connectivity index (χ1n) is 7.64. The molecular weight excluding hydrogens is 224 g/mol. The molecule has 5 aliphatic rings. The van der Waals surface area contributed by atoms with Gasteiger partial charge in [-0.3, -0.25) is 4.79 Å². The highest BCUT2D eigenvalue weighted by Gasteiger charge is 2.67. The van der Waals surface area contributed by atoms with Crippen LogP contribution in [0.3, 0.4) is 0 Å². The van der Waals surface area contributed by atoms with Crippen molar-refractivity contribution in [3.05, 3.63) is 12.2 Å². The van der Waals surface area contributed by atoms with Crippen molar-refractivity contribution in [3.8, 4) is 0 Å². The van der Waals surface area contributed by atoms with Gasteiger partial charge in [0.15, 0.2) is 0 Å². The maximum absolute atomic E-state index is 10.6. The van der Waals surface area contributed by atoms with Gasteiger partial charge in [0, 0.05) is 0 Å². The Morgan fingerprint density at radius 3 is 2.83 bits per heavy atom. The molecule has 0 radical (unpaired) electrons. The van der Waals surface area contributed by atoms with Crippen LogP contribution in [0, 0.1) is 47.3 Å². The van der Waals surface area contributed by atoms with E-state index in [2.05, 4.69) is 12.2 Å². The summed E-state index contributed by atoms with van der Waals surface area (Å²) in [6.07, 6.45) is 10.5. The summed E-state index contributed by atoms with van der Waals surface area (Å²) in [6, 6.07) is 0. The van der Waals surface area contributed by atoms with Crippen molar-refractivity contribution in [1.29, 1.82) is 0 Å². The first kappa shape index (κ1) is 10.1. The van der Waals surface area contributed by atoms with Gasteiger partial charge in [-0.05, 0) is 73.0 Å². The number of rotatable bonds is 2. The number of fused-ring (bicyclic) bond motifs is 12. The fraction of sp³-hybridized carbons (Fsp3) is 0.812. The van der Waals surface area contributed by atoms with Gasteiger partial charge in [0.05, 0.1) is 0 Å². The van der Waals surface area contributed by atoms with Crippen molar-refractivity contribution in [3.63, 3.8) is 0 Å². The van der Waals surface area contributed by atoms with Crippen LogP contribution in [0.15, 0.2) is 12.2 Å². The fourth-order valence-corrected chi connectivity index (χ4v) is 6.97. The summed E-state index contributed by atoms with van der Waals surface area (Å²) in [4.78, 5) is 10.6. The molecule has 0 amide bonds. The zero-order chi connectivity index (χ0) is 11.9. The lowest BCUT2D eigenvalue weighted by Crippen LogP contribution is -2.41. The van der Waals surface area contributed by atoms with Gasteiger partial charge in [-0.15, -0.1) is 0 Å². The third-order valence-electron chi connectivity index (χ3n) is 7.14. The van der Waals surface area contributed by atoms with Gasteiger partial charge in [-0.1, -0.05) is 12.2 Å². The first-order chi connectivity index (χ1) is 8.88. The van der Waals surface area contributed by atoms with Crippen molar-refractivity contribution in [2.24, 2.45) is 47.3 Å². The second kappa shape index (κ2) is 3.20. The number of hydrogen-bond donors (Lipinski definition) is 0. The largest absolute Gasteiger partial charge is 0.464 e. The van der Waals surface area contributed by atoms with E-state index >= 15 is 0 Å². The van der Waals surface area contributed by atoms with E-state index in [0.29, 0.717) is 12.4 Å². The van der Waals surface area contributed by atoms with Gasteiger partial charge >= 0.3 is 0 Å². The highest BCUT2D eigenvalue weighted by molar-refractivity contribution is 5.38. The topological polar surface area (TPSA) is 26.3 Å². The van der Waals surface area contributed by atoms with Gasteiger partial charge in [0.25, 0.3) is 6.47 Å². The van der Waals surface area contributed by atoms with Gasteiger partial charge in [0.1, 0.15) is 6.10 Å². The van der Waals surface area contributed by atoms with E-state index in [-0.39, 0.29) is 6.10 Å². The third kappa shape index (κ3) is 0.972. The molecule has 0 aromatic rings. The molecule has 0 aliphatic heterocycles. The van der Waals surface area contributed by atoms with Crippen LogP contribution in [0.4, 0.5) is 0 Å². The molecule has 96 valence electrons. The predicted molar refractivity (Wildman–Crippen MR) is 66.5 cm³/mol. The second-order valence-corrected chi connectivity index (χ2v) is 7.29. The lowest BCUT2D eigenvalue weighted by atomic mass is 9.63. The number of hydrogen-bond acceptors (Lipinski definition) is 2. The lowest BCUT2D eigenvalue weighted by Gasteiger charge is -2.42. The molecule has 9 atom stereocenters.